The number of nitrogens with two attached hydrogens (primary N) is 1. The summed E-state index contributed by atoms with van der Waals surface area (Å²) >= 11 is 18.2. The molecule has 106 valence electrons. The molecule has 0 aliphatic rings. The summed E-state index contributed by atoms with van der Waals surface area (Å²) in [6, 6.07) is 1.58. The van der Waals surface area contributed by atoms with Crippen LogP contribution in [0.4, 0.5) is 5.82 Å². The summed E-state index contributed by atoms with van der Waals surface area (Å²) in [5.74, 6) is 0.366. The lowest BCUT2D eigenvalue weighted by Crippen LogP contribution is -1.99. The average Bonchev–Trinajstić information content (AvgIpc) is 3.02. The predicted octanol–water partition coefficient (Wildman–Crippen LogP) is 3.51. The molecule has 21 heavy (non-hydrogen) atoms. The van der Waals surface area contributed by atoms with E-state index >= 15 is 0 Å². The van der Waals surface area contributed by atoms with Gasteiger partial charge in [-0.15, -0.1) is 0 Å². The maximum atomic E-state index is 7.07. The third kappa shape index (κ3) is 2.08. The summed E-state index contributed by atoms with van der Waals surface area (Å²) in [7, 11) is 0. The normalized spacial score (nSPS) is 11.0. The molecular weight excluding hydrogens is 339 g/mol. The van der Waals surface area contributed by atoms with Gasteiger partial charge in [-0.2, -0.15) is 0 Å². The smallest absolute Gasteiger partial charge is 0.294 e. The fourth-order valence-electron chi connectivity index (χ4n) is 1.91. The largest absolute Gasteiger partial charge is 0.379 e. The standard InChI is InChI=1S/C11H5Cl3N6O/c1-16-3-20-5-2-4(12)6(13)7(14)8(5)17-11(20)9-10(15)19-21-18-9/h2H,3H2,(H2,15,19). The molecule has 0 spiro atoms. The highest BCUT2D eigenvalue weighted by molar-refractivity contribution is 6.50. The Morgan fingerprint density at radius 1 is 1.29 bits per heavy atom. The first kappa shape index (κ1) is 13.9. The van der Waals surface area contributed by atoms with E-state index in [1.807, 2.05) is 0 Å². The van der Waals surface area contributed by atoms with Crippen LogP contribution in [0.3, 0.4) is 0 Å². The van der Waals surface area contributed by atoms with E-state index in [2.05, 4.69) is 24.8 Å². The van der Waals surface area contributed by atoms with E-state index in [0.29, 0.717) is 16.9 Å². The van der Waals surface area contributed by atoms with Crippen molar-refractivity contribution in [2.24, 2.45) is 0 Å². The van der Waals surface area contributed by atoms with Crippen molar-refractivity contribution in [2.75, 3.05) is 5.73 Å². The van der Waals surface area contributed by atoms with Crippen molar-refractivity contribution >= 4 is 51.7 Å². The molecule has 3 aromatic rings. The minimum absolute atomic E-state index is 0.0214. The summed E-state index contributed by atoms with van der Waals surface area (Å²) < 4.78 is 6.13. The van der Waals surface area contributed by atoms with Crippen molar-refractivity contribution in [3.05, 3.63) is 32.6 Å². The predicted molar refractivity (Wildman–Crippen MR) is 79.1 cm³/mol. The van der Waals surface area contributed by atoms with Gasteiger partial charge in [0.15, 0.2) is 17.3 Å². The van der Waals surface area contributed by atoms with Gasteiger partial charge in [-0.1, -0.05) is 34.8 Å². The summed E-state index contributed by atoms with van der Waals surface area (Å²) in [5, 5.41) is 7.84. The van der Waals surface area contributed by atoms with Gasteiger partial charge in [0.2, 0.25) is 0 Å². The first-order valence-corrected chi connectivity index (χ1v) is 6.63. The summed E-state index contributed by atoms with van der Waals surface area (Å²) in [6.07, 6.45) is 0. The SMILES string of the molecule is [C-]#[N+]Cn1c(-c2nonc2N)nc2c(Cl)c(Cl)c(Cl)cc21. The second kappa shape index (κ2) is 5.07. The van der Waals surface area contributed by atoms with Gasteiger partial charge < -0.3 is 5.73 Å². The first-order chi connectivity index (χ1) is 10.0. The van der Waals surface area contributed by atoms with Crippen LogP contribution in [0, 0.1) is 6.57 Å². The minimum atomic E-state index is -0.0214. The number of hydrogen-bond acceptors (Lipinski definition) is 5. The fourth-order valence-corrected chi connectivity index (χ4v) is 2.54. The van der Waals surface area contributed by atoms with Crippen LogP contribution < -0.4 is 5.73 Å². The highest BCUT2D eigenvalue weighted by atomic mass is 35.5. The van der Waals surface area contributed by atoms with E-state index < -0.39 is 0 Å². The molecule has 10 heteroatoms. The molecule has 2 aromatic heterocycles. The number of aromatic nitrogens is 4. The van der Waals surface area contributed by atoms with Crippen LogP contribution in [-0.4, -0.2) is 19.9 Å². The molecule has 0 amide bonds. The zero-order chi connectivity index (χ0) is 15.1. The lowest BCUT2D eigenvalue weighted by molar-refractivity contribution is 0.310. The Morgan fingerprint density at radius 2 is 2.05 bits per heavy atom. The Labute approximate surface area is 133 Å². The van der Waals surface area contributed by atoms with Gasteiger partial charge in [0.25, 0.3) is 6.67 Å². The van der Waals surface area contributed by atoms with Crippen LogP contribution in [0.1, 0.15) is 0 Å². The number of halogens is 3. The molecule has 0 aliphatic carbocycles. The van der Waals surface area contributed by atoms with E-state index in [9.17, 15) is 0 Å². The quantitative estimate of drug-likeness (QED) is 0.568. The van der Waals surface area contributed by atoms with Gasteiger partial charge in [-0.25, -0.2) is 16.2 Å². The Kier molecular flexibility index (Phi) is 3.37. The third-order valence-electron chi connectivity index (χ3n) is 2.82. The molecule has 0 saturated heterocycles. The fraction of sp³-hybridized carbons (Fsp3) is 0.0909. The summed E-state index contributed by atoms with van der Waals surface area (Å²) in [6.45, 7) is 7.05. The molecule has 7 nitrogen and oxygen atoms in total. The molecule has 0 aliphatic heterocycles. The van der Waals surface area contributed by atoms with Crippen LogP contribution in [-0.2, 0) is 6.67 Å². The van der Waals surface area contributed by atoms with Crippen LogP contribution in [0.25, 0.3) is 27.4 Å². The number of hydrogen-bond donors (Lipinski definition) is 1. The van der Waals surface area contributed by atoms with Gasteiger partial charge in [0.1, 0.15) is 5.52 Å². The molecule has 3 rings (SSSR count). The van der Waals surface area contributed by atoms with E-state index in [-0.39, 0.29) is 33.2 Å². The number of anilines is 1. The number of nitrogen functional groups attached to an aromatic ring is 1. The Morgan fingerprint density at radius 3 is 2.67 bits per heavy atom. The zero-order valence-electron chi connectivity index (χ0n) is 10.1. The van der Waals surface area contributed by atoms with E-state index in [1.165, 1.54) is 0 Å². The molecule has 0 fully saturated rings. The van der Waals surface area contributed by atoms with Gasteiger partial charge >= 0.3 is 0 Å². The van der Waals surface area contributed by atoms with Crippen LogP contribution >= 0.6 is 34.8 Å². The van der Waals surface area contributed by atoms with Crippen LogP contribution in [0.2, 0.25) is 15.1 Å². The number of benzene rings is 1. The van der Waals surface area contributed by atoms with Crippen molar-refractivity contribution < 1.29 is 4.63 Å². The number of nitrogens with zero attached hydrogens (tertiary/aromatic N) is 5. The second-order valence-electron chi connectivity index (χ2n) is 4.02. The lowest BCUT2D eigenvalue weighted by Gasteiger charge is -2.02. The molecule has 0 unspecified atom stereocenters. The molecule has 2 N–H and O–H groups in total. The minimum Gasteiger partial charge on any atom is -0.379 e. The lowest BCUT2D eigenvalue weighted by atomic mass is 10.3. The second-order valence-corrected chi connectivity index (χ2v) is 5.18. The number of fused-ring (bicyclic) bond motifs is 1. The van der Waals surface area contributed by atoms with Gasteiger partial charge in [-0.05, 0) is 16.4 Å². The highest BCUT2D eigenvalue weighted by Crippen LogP contribution is 2.38. The Balaban J connectivity index is 2.41. The van der Waals surface area contributed by atoms with Crippen molar-refractivity contribution in [2.45, 2.75) is 6.67 Å². The molecule has 0 bridgehead atoms. The van der Waals surface area contributed by atoms with Crippen LogP contribution in [0.5, 0.6) is 0 Å². The average molecular weight is 344 g/mol. The Hall–Kier alpha value is -2.01. The van der Waals surface area contributed by atoms with Crippen molar-refractivity contribution in [1.82, 2.24) is 19.9 Å². The van der Waals surface area contributed by atoms with Crippen molar-refractivity contribution in [1.29, 1.82) is 0 Å². The van der Waals surface area contributed by atoms with Gasteiger partial charge in [0, 0.05) is 0 Å². The van der Waals surface area contributed by atoms with E-state index in [4.69, 9.17) is 47.1 Å². The first-order valence-electron chi connectivity index (χ1n) is 5.50. The third-order valence-corrected chi connectivity index (χ3v) is 4.07. The molecule has 0 atom stereocenters. The molecular formula is C11H5Cl3N6O. The van der Waals surface area contributed by atoms with E-state index in [0.717, 1.165) is 0 Å². The highest BCUT2D eigenvalue weighted by Gasteiger charge is 2.23. The monoisotopic (exact) mass is 342 g/mol. The summed E-state index contributed by atoms with van der Waals surface area (Å²) in [5.41, 5.74) is 6.83. The van der Waals surface area contributed by atoms with Gasteiger partial charge in [0.05, 0.1) is 20.6 Å². The molecule has 0 saturated carbocycles. The maximum Gasteiger partial charge on any atom is 0.294 e. The topological polar surface area (TPSA) is 87.1 Å². The Bertz CT molecular complexity index is 894. The molecule has 0 radical (unpaired) electrons. The number of imidazole rings is 1. The van der Waals surface area contributed by atoms with Crippen molar-refractivity contribution in [3.63, 3.8) is 0 Å². The zero-order valence-corrected chi connectivity index (χ0v) is 12.4. The maximum absolute atomic E-state index is 7.07. The van der Waals surface area contributed by atoms with E-state index in [1.54, 1.807) is 10.6 Å². The van der Waals surface area contributed by atoms with Crippen LogP contribution in [0.15, 0.2) is 10.7 Å². The molecule has 2 heterocycles. The summed E-state index contributed by atoms with van der Waals surface area (Å²) in [4.78, 5) is 7.68. The molecule has 1 aromatic carbocycles. The van der Waals surface area contributed by atoms with Crippen molar-refractivity contribution in [3.8, 4) is 11.5 Å². The number of rotatable bonds is 2. The van der Waals surface area contributed by atoms with Gasteiger partial charge in [-0.3, -0.25) is 9.41 Å².